The molecule has 0 atom stereocenters. The molecular formula is C15H22N2O. The van der Waals surface area contributed by atoms with Crippen molar-refractivity contribution in [1.29, 1.82) is 0 Å². The molecule has 0 heterocycles. The van der Waals surface area contributed by atoms with Crippen molar-refractivity contribution < 1.29 is 4.79 Å². The highest BCUT2D eigenvalue weighted by Gasteiger charge is 2.16. The molecule has 1 N–H and O–H groups in total. The molecule has 3 heteroatoms. The van der Waals surface area contributed by atoms with Crippen molar-refractivity contribution in [3.05, 3.63) is 29.8 Å². The van der Waals surface area contributed by atoms with E-state index >= 15 is 0 Å². The summed E-state index contributed by atoms with van der Waals surface area (Å²) in [7, 11) is 3.99. The van der Waals surface area contributed by atoms with Crippen LogP contribution < -0.4 is 10.2 Å². The van der Waals surface area contributed by atoms with Gasteiger partial charge in [0.2, 0.25) is 0 Å². The van der Waals surface area contributed by atoms with Gasteiger partial charge in [0.25, 0.3) is 5.91 Å². The topological polar surface area (TPSA) is 32.3 Å². The summed E-state index contributed by atoms with van der Waals surface area (Å²) in [5.41, 5.74) is 1.87. The third-order valence-electron chi connectivity index (χ3n) is 3.59. The average molecular weight is 246 g/mol. The summed E-state index contributed by atoms with van der Waals surface area (Å²) in [4.78, 5) is 14.1. The Balaban J connectivity index is 1.95. The Hall–Kier alpha value is -1.51. The van der Waals surface area contributed by atoms with Gasteiger partial charge in [-0.05, 0) is 37.1 Å². The summed E-state index contributed by atoms with van der Waals surface area (Å²) in [6, 6.07) is 8.13. The second kappa shape index (κ2) is 5.89. The normalized spacial score (nSPS) is 16.3. The molecule has 1 amide bonds. The van der Waals surface area contributed by atoms with Gasteiger partial charge in [-0.2, -0.15) is 0 Å². The molecule has 98 valence electrons. The first-order chi connectivity index (χ1) is 8.66. The summed E-state index contributed by atoms with van der Waals surface area (Å²) < 4.78 is 0. The van der Waals surface area contributed by atoms with Crippen LogP contribution in [0.2, 0.25) is 0 Å². The maximum absolute atomic E-state index is 12.1. The summed E-state index contributed by atoms with van der Waals surface area (Å²) in [5.74, 6) is 0.0622. The number of carbonyl (C=O) groups is 1. The Bertz CT molecular complexity index is 391. The molecule has 1 aromatic rings. The lowest BCUT2D eigenvalue weighted by molar-refractivity contribution is 0.0928. The number of rotatable bonds is 3. The highest BCUT2D eigenvalue weighted by molar-refractivity contribution is 5.94. The van der Waals surface area contributed by atoms with E-state index < -0.39 is 0 Å². The van der Waals surface area contributed by atoms with Crippen LogP contribution in [0.4, 0.5) is 5.69 Å². The molecule has 0 bridgehead atoms. The van der Waals surface area contributed by atoms with Gasteiger partial charge in [0, 0.05) is 31.4 Å². The van der Waals surface area contributed by atoms with Crippen molar-refractivity contribution in [3.63, 3.8) is 0 Å². The molecule has 2 rings (SSSR count). The summed E-state index contributed by atoms with van der Waals surface area (Å²) >= 11 is 0. The first-order valence-electron chi connectivity index (χ1n) is 6.75. The molecule has 0 radical (unpaired) electrons. The summed E-state index contributed by atoms with van der Waals surface area (Å²) in [5, 5.41) is 3.13. The second-order valence-electron chi connectivity index (χ2n) is 5.25. The van der Waals surface area contributed by atoms with Crippen LogP contribution in [0.25, 0.3) is 0 Å². The standard InChI is InChI=1S/C15H22N2O/c1-17(2)14-10-8-12(9-11-14)15(18)16-13-6-4-3-5-7-13/h8-11,13H,3-7H2,1-2H3,(H,16,18). The van der Waals surface area contributed by atoms with Crippen LogP contribution in [0.15, 0.2) is 24.3 Å². The molecule has 0 aromatic heterocycles. The predicted octanol–water partition coefficient (Wildman–Crippen LogP) is 2.82. The van der Waals surface area contributed by atoms with E-state index in [1.807, 2.05) is 43.3 Å². The number of benzene rings is 1. The maximum Gasteiger partial charge on any atom is 0.251 e. The lowest BCUT2D eigenvalue weighted by atomic mass is 9.95. The first-order valence-corrected chi connectivity index (χ1v) is 6.75. The SMILES string of the molecule is CN(C)c1ccc(C(=O)NC2CCCCC2)cc1. The van der Waals surface area contributed by atoms with Crippen LogP contribution >= 0.6 is 0 Å². The van der Waals surface area contributed by atoms with Gasteiger partial charge in [-0.15, -0.1) is 0 Å². The highest BCUT2D eigenvalue weighted by Crippen LogP contribution is 2.18. The number of carbonyl (C=O) groups excluding carboxylic acids is 1. The van der Waals surface area contributed by atoms with Gasteiger partial charge in [0.15, 0.2) is 0 Å². The van der Waals surface area contributed by atoms with Crippen molar-refractivity contribution in [1.82, 2.24) is 5.32 Å². The predicted molar refractivity (Wildman–Crippen MR) is 75.1 cm³/mol. The molecule has 1 saturated carbocycles. The van der Waals surface area contributed by atoms with E-state index in [0.717, 1.165) is 24.1 Å². The number of hydrogen-bond acceptors (Lipinski definition) is 2. The number of nitrogens with one attached hydrogen (secondary N) is 1. The Kier molecular flexibility index (Phi) is 4.24. The zero-order valence-corrected chi connectivity index (χ0v) is 11.3. The molecule has 0 aliphatic heterocycles. The molecule has 1 aliphatic carbocycles. The minimum absolute atomic E-state index is 0.0622. The van der Waals surface area contributed by atoms with Gasteiger partial charge >= 0.3 is 0 Å². The van der Waals surface area contributed by atoms with E-state index in [1.54, 1.807) is 0 Å². The third-order valence-corrected chi connectivity index (χ3v) is 3.59. The van der Waals surface area contributed by atoms with E-state index in [2.05, 4.69) is 5.32 Å². The monoisotopic (exact) mass is 246 g/mol. The summed E-state index contributed by atoms with van der Waals surface area (Å²) in [6.07, 6.45) is 6.04. The molecule has 1 aliphatic rings. The Labute approximate surface area is 109 Å². The van der Waals surface area contributed by atoms with Gasteiger partial charge in [-0.1, -0.05) is 19.3 Å². The van der Waals surface area contributed by atoms with Crippen LogP contribution in [-0.2, 0) is 0 Å². The first kappa shape index (κ1) is 12.9. The van der Waals surface area contributed by atoms with Crippen molar-refractivity contribution in [2.75, 3.05) is 19.0 Å². The van der Waals surface area contributed by atoms with Gasteiger partial charge in [-0.25, -0.2) is 0 Å². The Morgan fingerprint density at radius 3 is 2.28 bits per heavy atom. The fraction of sp³-hybridized carbons (Fsp3) is 0.533. The van der Waals surface area contributed by atoms with Gasteiger partial charge in [-0.3, -0.25) is 4.79 Å². The number of anilines is 1. The maximum atomic E-state index is 12.1. The van der Waals surface area contributed by atoms with Gasteiger partial charge < -0.3 is 10.2 Å². The smallest absolute Gasteiger partial charge is 0.251 e. The zero-order valence-electron chi connectivity index (χ0n) is 11.3. The van der Waals surface area contributed by atoms with Crippen LogP contribution in [0.1, 0.15) is 42.5 Å². The van der Waals surface area contributed by atoms with Gasteiger partial charge in [0.1, 0.15) is 0 Å². The number of amides is 1. The van der Waals surface area contributed by atoms with Crippen molar-refractivity contribution in [3.8, 4) is 0 Å². The van der Waals surface area contributed by atoms with E-state index in [0.29, 0.717) is 6.04 Å². The molecule has 3 nitrogen and oxygen atoms in total. The fourth-order valence-electron chi connectivity index (χ4n) is 2.43. The van der Waals surface area contributed by atoms with Gasteiger partial charge in [0.05, 0.1) is 0 Å². The molecule has 1 aromatic carbocycles. The molecule has 1 fully saturated rings. The molecule has 0 spiro atoms. The number of hydrogen-bond donors (Lipinski definition) is 1. The minimum atomic E-state index is 0.0622. The fourth-order valence-corrected chi connectivity index (χ4v) is 2.43. The molecular weight excluding hydrogens is 224 g/mol. The second-order valence-corrected chi connectivity index (χ2v) is 5.25. The van der Waals surface area contributed by atoms with Crippen molar-refractivity contribution >= 4 is 11.6 Å². The molecule has 0 saturated heterocycles. The minimum Gasteiger partial charge on any atom is -0.378 e. The number of nitrogens with zero attached hydrogens (tertiary/aromatic N) is 1. The largest absolute Gasteiger partial charge is 0.378 e. The lowest BCUT2D eigenvalue weighted by Crippen LogP contribution is -2.36. The zero-order chi connectivity index (χ0) is 13.0. The third kappa shape index (κ3) is 3.25. The van der Waals surface area contributed by atoms with E-state index in [9.17, 15) is 4.79 Å². The quantitative estimate of drug-likeness (QED) is 0.889. The highest BCUT2D eigenvalue weighted by atomic mass is 16.1. The van der Waals surface area contributed by atoms with Crippen molar-refractivity contribution in [2.24, 2.45) is 0 Å². The van der Waals surface area contributed by atoms with Crippen LogP contribution in [-0.4, -0.2) is 26.0 Å². The summed E-state index contributed by atoms with van der Waals surface area (Å²) in [6.45, 7) is 0. The average Bonchev–Trinajstić information content (AvgIpc) is 2.40. The van der Waals surface area contributed by atoms with Crippen LogP contribution in [0.5, 0.6) is 0 Å². The van der Waals surface area contributed by atoms with E-state index in [1.165, 1.54) is 19.3 Å². The Morgan fingerprint density at radius 2 is 1.72 bits per heavy atom. The lowest BCUT2D eigenvalue weighted by Gasteiger charge is -2.22. The molecule has 18 heavy (non-hydrogen) atoms. The Morgan fingerprint density at radius 1 is 1.11 bits per heavy atom. The van der Waals surface area contributed by atoms with Crippen LogP contribution in [0, 0.1) is 0 Å². The van der Waals surface area contributed by atoms with E-state index in [-0.39, 0.29) is 5.91 Å². The van der Waals surface area contributed by atoms with Crippen LogP contribution in [0.3, 0.4) is 0 Å². The van der Waals surface area contributed by atoms with Crippen molar-refractivity contribution in [2.45, 2.75) is 38.1 Å². The molecule has 0 unspecified atom stereocenters. The van der Waals surface area contributed by atoms with E-state index in [4.69, 9.17) is 0 Å².